The molecule has 2 heteroatoms. The third kappa shape index (κ3) is 4.29. The zero-order chi connectivity index (χ0) is 16.2. The lowest BCUT2D eigenvalue weighted by Crippen LogP contribution is -3.00. The van der Waals surface area contributed by atoms with Gasteiger partial charge in [-0.2, -0.15) is 0 Å². The van der Waals surface area contributed by atoms with Gasteiger partial charge in [0.25, 0.3) is 0 Å². The number of quaternary nitrogens is 1. The lowest BCUT2D eigenvalue weighted by Gasteiger charge is -2.51. The maximum absolute atomic E-state index is 2.45. The van der Waals surface area contributed by atoms with E-state index in [1.54, 1.807) is 0 Å². The van der Waals surface area contributed by atoms with Crippen LogP contribution in [0, 0.1) is 0 Å². The number of nitrogens with zero attached hydrogens (tertiary/aromatic N) is 1. The number of hydrogen-bond donors (Lipinski definition) is 0. The fourth-order valence-electron chi connectivity index (χ4n) is 4.39. The molecule has 0 aliphatic heterocycles. The van der Waals surface area contributed by atoms with E-state index in [1.807, 2.05) is 0 Å². The van der Waals surface area contributed by atoms with E-state index < -0.39 is 0 Å². The summed E-state index contributed by atoms with van der Waals surface area (Å²) < 4.78 is 1.09. The van der Waals surface area contributed by atoms with E-state index in [0.717, 1.165) is 11.0 Å². The number of halogens is 1. The van der Waals surface area contributed by atoms with Crippen LogP contribution < -0.4 is 17.0 Å². The van der Waals surface area contributed by atoms with Gasteiger partial charge in [-0.05, 0) is 18.4 Å². The van der Waals surface area contributed by atoms with Gasteiger partial charge >= 0.3 is 0 Å². The van der Waals surface area contributed by atoms with E-state index in [-0.39, 0.29) is 17.0 Å². The number of rotatable bonds is 5. The average Bonchev–Trinajstić information content (AvgIpc) is 2.57. The fourth-order valence-corrected chi connectivity index (χ4v) is 4.39. The molecule has 2 aromatic carbocycles. The van der Waals surface area contributed by atoms with Gasteiger partial charge in [-0.3, -0.25) is 0 Å². The highest BCUT2D eigenvalue weighted by atomic mass is 79.9. The molecule has 1 aliphatic rings. The number of hydrogen-bond acceptors (Lipinski definition) is 0. The van der Waals surface area contributed by atoms with Crippen molar-refractivity contribution in [1.82, 2.24) is 0 Å². The lowest BCUT2D eigenvalue weighted by molar-refractivity contribution is -0.956. The first-order valence-electron chi connectivity index (χ1n) is 9.02. The molecule has 0 spiro atoms. The maximum atomic E-state index is 2.45. The Balaban J connectivity index is 0.00000208. The molecule has 0 bridgehead atoms. The highest BCUT2D eigenvalue weighted by molar-refractivity contribution is 5.18. The quantitative estimate of drug-likeness (QED) is 0.689. The second-order valence-corrected chi connectivity index (χ2v) is 7.78. The summed E-state index contributed by atoms with van der Waals surface area (Å²) in [5, 5.41) is 0. The van der Waals surface area contributed by atoms with Crippen molar-refractivity contribution in [2.45, 2.75) is 50.6 Å². The van der Waals surface area contributed by atoms with Crippen LogP contribution in [-0.2, 0) is 13.0 Å². The Morgan fingerprint density at radius 1 is 0.750 bits per heavy atom. The van der Waals surface area contributed by atoms with Crippen LogP contribution in [0.3, 0.4) is 0 Å². The predicted octanol–water partition coefficient (Wildman–Crippen LogP) is 2.21. The van der Waals surface area contributed by atoms with Crippen molar-refractivity contribution in [2.24, 2.45) is 0 Å². The van der Waals surface area contributed by atoms with Gasteiger partial charge in [0.15, 0.2) is 0 Å². The molecule has 0 aromatic heterocycles. The molecule has 0 atom stereocenters. The Kier molecular flexibility index (Phi) is 6.65. The maximum Gasteiger partial charge on any atom is 0.104 e. The average molecular weight is 388 g/mol. The zero-order valence-electron chi connectivity index (χ0n) is 15.0. The molecule has 0 amide bonds. The summed E-state index contributed by atoms with van der Waals surface area (Å²) in [7, 11) is 4.89. The van der Waals surface area contributed by atoms with Gasteiger partial charge in [-0.15, -0.1) is 0 Å². The highest BCUT2D eigenvalue weighted by Crippen LogP contribution is 2.40. The van der Waals surface area contributed by atoms with Gasteiger partial charge < -0.3 is 21.5 Å². The van der Waals surface area contributed by atoms with Crippen molar-refractivity contribution in [3.63, 3.8) is 0 Å². The Bertz CT molecular complexity index is 600. The summed E-state index contributed by atoms with van der Waals surface area (Å²) in [5.41, 5.74) is 3.32. The highest BCUT2D eigenvalue weighted by Gasteiger charge is 2.45. The Morgan fingerprint density at radius 3 is 1.79 bits per heavy atom. The second-order valence-electron chi connectivity index (χ2n) is 7.78. The van der Waals surface area contributed by atoms with Crippen molar-refractivity contribution in [2.75, 3.05) is 14.1 Å². The molecule has 24 heavy (non-hydrogen) atoms. The van der Waals surface area contributed by atoms with E-state index in [1.165, 1.54) is 49.7 Å². The molecule has 0 unspecified atom stereocenters. The molecule has 0 radical (unpaired) electrons. The first-order chi connectivity index (χ1) is 11.1. The molecule has 3 rings (SSSR count). The Hall–Kier alpha value is -1.12. The molecular weight excluding hydrogens is 358 g/mol. The van der Waals surface area contributed by atoms with E-state index in [2.05, 4.69) is 74.8 Å². The summed E-state index contributed by atoms with van der Waals surface area (Å²) in [6.07, 6.45) is 8.06. The minimum Gasteiger partial charge on any atom is -1.00 e. The summed E-state index contributed by atoms with van der Waals surface area (Å²) in [6.45, 7) is 1.12. The van der Waals surface area contributed by atoms with Crippen LogP contribution in [-0.4, -0.2) is 24.1 Å². The first kappa shape index (κ1) is 19.2. The molecule has 1 saturated carbocycles. The predicted molar refractivity (Wildman–Crippen MR) is 98.2 cm³/mol. The van der Waals surface area contributed by atoms with Gasteiger partial charge in [0.1, 0.15) is 12.1 Å². The molecule has 1 aliphatic carbocycles. The van der Waals surface area contributed by atoms with Crippen LogP contribution in [0.25, 0.3) is 0 Å². The van der Waals surface area contributed by atoms with Crippen molar-refractivity contribution in [3.8, 4) is 0 Å². The molecule has 1 fully saturated rings. The van der Waals surface area contributed by atoms with Gasteiger partial charge in [0.2, 0.25) is 0 Å². The standard InChI is InChI=1S/C22H30N.BrH/c1-23(2,19-21-14-8-4-9-15-21)22(16-10-5-11-17-22)18-20-12-6-3-7-13-20;/h3-4,6-9,12-15H,5,10-11,16-19H2,1-2H3;1H/q+1;/p-1. The van der Waals surface area contributed by atoms with Gasteiger partial charge in [-0.25, -0.2) is 0 Å². The molecule has 1 nitrogen and oxygen atoms in total. The third-order valence-electron chi connectivity index (χ3n) is 5.87. The van der Waals surface area contributed by atoms with E-state index >= 15 is 0 Å². The molecule has 0 N–H and O–H groups in total. The largest absolute Gasteiger partial charge is 1.00 e. The lowest BCUT2D eigenvalue weighted by atomic mass is 9.74. The van der Waals surface area contributed by atoms with Crippen LogP contribution in [0.2, 0.25) is 0 Å². The minimum absolute atomic E-state index is 0. The summed E-state index contributed by atoms with van der Waals surface area (Å²) in [4.78, 5) is 0. The topological polar surface area (TPSA) is 0 Å². The van der Waals surface area contributed by atoms with Crippen LogP contribution in [0.15, 0.2) is 60.7 Å². The van der Waals surface area contributed by atoms with Crippen molar-refractivity contribution >= 4 is 0 Å². The summed E-state index contributed by atoms with van der Waals surface area (Å²) in [5.74, 6) is 0. The van der Waals surface area contributed by atoms with E-state index in [4.69, 9.17) is 0 Å². The summed E-state index contributed by atoms with van der Waals surface area (Å²) >= 11 is 0. The Labute approximate surface area is 158 Å². The van der Waals surface area contributed by atoms with E-state index in [9.17, 15) is 0 Å². The van der Waals surface area contributed by atoms with Crippen LogP contribution in [0.1, 0.15) is 43.2 Å². The van der Waals surface area contributed by atoms with Crippen LogP contribution in [0.4, 0.5) is 0 Å². The van der Waals surface area contributed by atoms with Gasteiger partial charge in [0.05, 0.1) is 14.1 Å². The van der Waals surface area contributed by atoms with Crippen LogP contribution in [0.5, 0.6) is 0 Å². The molecule has 0 heterocycles. The summed E-state index contributed by atoms with van der Waals surface area (Å²) in [6, 6.07) is 22.1. The first-order valence-corrected chi connectivity index (χ1v) is 9.02. The monoisotopic (exact) mass is 387 g/mol. The molecule has 130 valence electrons. The number of benzene rings is 2. The molecular formula is C22H30BrN. The smallest absolute Gasteiger partial charge is 0.104 e. The molecule has 2 aromatic rings. The van der Waals surface area contributed by atoms with Crippen molar-refractivity contribution < 1.29 is 21.5 Å². The van der Waals surface area contributed by atoms with Crippen molar-refractivity contribution in [3.05, 3.63) is 71.8 Å². The molecule has 0 saturated heterocycles. The third-order valence-corrected chi connectivity index (χ3v) is 5.87. The van der Waals surface area contributed by atoms with Gasteiger partial charge in [-0.1, -0.05) is 67.1 Å². The number of likely N-dealkylation sites (N-methyl/N-ethyl adjacent to an activating group) is 1. The zero-order valence-corrected chi connectivity index (χ0v) is 16.6. The van der Waals surface area contributed by atoms with E-state index in [0.29, 0.717) is 5.54 Å². The fraction of sp³-hybridized carbons (Fsp3) is 0.455. The van der Waals surface area contributed by atoms with Crippen molar-refractivity contribution in [1.29, 1.82) is 0 Å². The normalized spacial score (nSPS) is 17.1. The SMILES string of the molecule is C[N+](C)(Cc1ccccc1)C1(Cc2ccccc2)CCCCC1.[Br-]. The second kappa shape index (κ2) is 8.31. The van der Waals surface area contributed by atoms with Crippen LogP contribution >= 0.6 is 0 Å². The van der Waals surface area contributed by atoms with Gasteiger partial charge in [0, 0.05) is 24.8 Å². The Morgan fingerprint density at radius 2 is 1.25 bits per heavy atom. The minimum atomic E-state index is 0.